The van der Waals surface area contributed by atoms with E-state index < -0.39 is 5.79 Å². The molecular formula is C36H63NO5. The van der Waals surface area contributed by atoms with Gasteiger partial charge in [0.25, 0.3) is 0 Å². The van der Waals surface area contributed by atoms with Crippen molar-refractivity contribution in [2.45, 2.75) is 167 Å². The molecule has 6 heteroatoms. The van der Waals surface area contributed by atoms with Gasteiger partial charge in [-0.15, -0.1) is 0 Å². The van der Waals surface area contributed by atoms with Crippen LogP contribution in [0.5, 0.6) is 5.75 Å². The quantitative estimate of drug-likeness (QED) is 0.0762. The summed E-state index contributed by atoms with van der Waals surface area (Å²) in [5, 5.41) is 2.22. The lowest BCUT2D eigenvalue weighted by molar-refractivity contribution is -0.368. The summed E-state index contributed by atoms with van der Waals surface area (Å²) in [6, 6.07) is 8.27. The Labute approximate surface area is 258 Å². The van der Waals surface area contributed by atoms with E-state index in [1.54, 1.807) is 0 Å². The van der Waals surface area contributed by atoms with Gasteiger partial charge in [0, 0.05) is 23.9 Å². The summed E-state index contributed by atoms with van der Waals surface area (Å²) in [6.07, 6.45) is 16.8. The lowest BCUT2D eigenvalue weighted by atomic mass is 9.77. The first-order chi connectivity index (χ1) is 20.1. The fourth-order valence-corrected chi connectivity index (χ4v) is 6.56. The average molecular weight is 590 g/mol. The minimum atomic E-state index is -0.590. The molecule has 2 fully saturated rings. The maximum Gasteiger partial charge on any atom is 0.171 e. The summed E-state index contributed by atoms with van der Waals surface area (Å²) in [5.41, 5.74) is 0.587. The van der Waals surface area contributed by atoms with E-state index in [0.29, 0.717) is 6.61 Å². The van der Waals surface area contributed by atoms with Gasteiger partial charge in [-0.05, 0) is 65.2 Å². The van der Waals surface area contributed by atoms with Crippen molar-refractivity contribution in [1.29, 1.82) is 0 Å². The van der Waals surface area contributed by atoms with E-state index in [4.69, 9.17) is 23.8 Å². The Kier molecular flexibility index (Phi) is 14.6. The molecule has 0 radical (unpaired) electrons. The number of epoxide rings is 1. The summed E-state index contributed by atoms with van der Waals surface area (Å²) in [4.78, 5) is 6.77. The van der Waals surface area contributed by atoms with Gasteiger partial charge in [0.2, 0.25) is 0 Å². The summed E-state index contributed by atoms with van der Waals surface area (Å²) < 4.78 is 24.6. The topological polar surface area (TPSA) is 52.7 Å². The van der Waals surface area contributed by atoms with E-state index in [-0.39, 0.29) is 23.3 Å². The SMILES string of the molecule is CCCCCCCCOC1(OCCCCCCCC)CC(C)(C)N(OC(C)c2ccc(OCC3CO3)cc2)C(C)(C)C1. The van der Waals surface area contributed by atoms with Gasteiger partial charge in [-0.1, -0.05) is 90.2 Å². The summed E-state index contributed by atoms with van der Waals surface area (Å²) in [7, 11) is 0. The van der Waals surface area contributed by atoms with Gasteiger partial charge in [0.1, 0.15) is 24.6 Å². The van der Waals surface area contributed by atoms with Crippen molar-refractivity contribution in [3.63, 3.8) is 0 Å². The van der Waals surface area contributed by atoms with Crippen molar-refractivity contribution in [1.82, 2.24) is 5.06 Å². The Balaban J connectivity index is 1.61. The van der Waals surface area contributed by atoms with E-state index in [1.165, 1.54) is 64.2 Å². The monoisotopic (exact) mass is 589 g/mol. The van der Waals surface area contributed by atoms with Crippen LogP contribution >= 0.6 is 0 Å². The molecule has 2 aliphatic rings. The van der Waals surface area contributed by atoms with E-state index in [0.717, 1.165) is 56.8 Å². The summed E-state index contributed by atoms with van der Waals surface area (Å²) in [5.74, 6) is 0.280. The minimum absolute atomic E-state index is 0.0926. The van der Waals surface area contributed by atoms with Crippen LogP contribution in [0.15, 0.2) is 24.3 Å². The largest absolute Gasteiger partial charge is 0.491 e. The maximum atomic E-state index is 6.77. The van der Waals surface area contributed by atoms with Gasteiger partial charge in [-0.2, -0.15) is 5.06 Å². The zero-order valence-electron chi connectivity index (χ0n) is 28.2. The number of nitrogens with zero attached hydrogens (tertiary/aromatic N) is 1. The number of hydrogen-bond donors (Lipinski definition) is 0. The highest BCUT2D eigenvalue weighted by molar-refractivity contribution is 5.28. The molecule has 1 aromatic rings. The predicted molar refractivity (Wildman–Crippen MR) is 172 cm³/mol. The molecule has 0 N–H and O–H groups in total. The molecule has 0 saturated carbocycles. The van der Waals surface area contributed by atoms with Crippen molar-refractivity contribution in [2.24, 2.45) is 0 Å². The van der Waals surface area contributed by atoms with E-state index in [2.05, 4.69) is 65.7 Å². The molecule has 2 unspecified atom stereocenters. The van der Waals surface area contributed by atoms with Crippen LogP contribution in [0.4, 0.5) is 0 Å². The molecule has 2 saturated heterocycles. The van der Waals surface area contributed by atoms with Crippen LogP contribution in [0.3, 0.4) is 0 Å². The predicted octanol–water partition coefficient (Wildman–Crippen LogP) is 9.56. The van der Waals surface area contributed by atoms with Gasteiger partial charge in [-0.3, -0.25) is 4.84 Å². The summed E-state index contributed by atoms with van der Waals surface area (Å²) in [6.45, 7) is 18.7. The second-order valence-electron chi connectivity index (χ2n) is 14.0. The molecule has 242 valence electrons. The Morgan fingerprint density at radius 3 is 1.71 bits per heavy atom. The zero-order chi connectivity index (χ0) is 30.5. The zero-order valence-corrected chi connectivity index (χ0v) is 28.2. The number of rotatable bonds is 22. The van der Waals surface area contributed by atoms with E-state index in [1.807, 2.05) is 12.1 Å². The van der Waals surface area contributed by atoms with Gasteiger partial charge >= 0.3 is 0 Å². The fraction of sp³-hybridized carbons (Fsp3) is 0.833. The highest BCUT2D eigenvalue weighted by atomic mass is 16.7. The average Bonchev–Trinajstić information content (AvgIpc) is 3.77. The number of hydroxylamine groups is 2. The van der Waals surface area contributed by atoms with Crippen molar-refractivity contribution in [3.05, 3.63) is 29.8 Å². The molecule has 0 spiro atoms. The van der Waals surface area contributed by atoms with E-state index in [9.17, 15) is 0 Å². The molecule has 2 aliphatic heterocycles. The molecule has 1 aromatic carbocycles. The van der Waals surface area contributed by atoms with Crippen molar-refractivity contribution in [2.75, 3.05) is 26.4 Å². The molecule has 2 atom stereocenters. The molecule has 2 heterocycles. The fourth-order valence-electron chi connectivity index (χ4n) is 6.56. The van der Waals surface area contributed by atoms with Gasteiger partial charge in [-0.25, -0.2) is 0 Å². The third kappa shape index (κ3) is 11.7. The van der Waals surface area contributed by atoms with Gasteiger partial charge in [0.05, 0.1) is 19.8 Å². The van der Waals surface area contributed by atoms with Gasteiger partial charge in [0.15, 0.2) is 5.79 Å². The van der Waals surface area contributed by atoms with Crippen LogP contribution < -0.4 is 4.74 Å². The first kappa shape index (κ1) is 35.3. The highest BCUT2D eigenvalue weighted by Crippen LogP contribution is 2.47. The summed E-state index contributed by atoms with van der Waals surface area (Å²) >= 11 is 0. The molecule has 0 bridgehead atoms. The van der Waals surface area contributed by atoms with Crippen LogP contribution in [0.2, 0.25) is 0 Å². The Bertz CT molecular complexity index is 828. The second kappa shape index (κ2) is 17.3. The molecule has 0 aromatic heterocycles. The number of unbranched alkanes of at least 4 members (excludes halogenated alkanes) is 10. The maximum absolute atomic E-state index is 6.77. The number of ether oxygens (including phenoxy) is 4. The highest BCUT2D eigenvalue weighted by Gasteiger charge is 2.55. The smallest absolute Gasteiger partial charge is 0.171 e. The molecule has 42 heavy (non-hydrogen) atoms. The van der Waals surface area contributed by atoms with Gasteiger partial charge < -0.3 is 18.9 Å². The van der Waals surface area contributed by atoms with Crippen molar-refractivity contribution in [3.8, 4) is 5.75 Å². The van der Waals surface area contributed by atoms with E-state index >= 15 is 0 Å². The third-order valence-corrected chi connectivity index (χ3v) is 8.68. The molecular weight excluding hydrogens is 526 g/mol. The molecule has 3 rings (SSSR count). The standard InChI is InChI=1S/C36H63NO5/c1-8-10-12-14-16-18-24-40-36(41-25-19-17-15-13-11-9-2)28-34(4,5)37(35(6,7)29-36)42-30(3)31-20-22-32(23-21-31)38-26-33-27-39-33/h20-23,30,33H,8-19,24-29H2,1-7H3. The first-order valence-electron chi connectivity index (χ1n) is 17.2. The molecule has 6 nitrogen and oxygen atoms in total. The Morgan fingerprint density at radius 1 is 0.762 bits per heavy atom. The first-order valence-corrected chi connectivity index (χ1v) is 17.2. The molecule has 0 amide bonds. The lowest BCUT2D eigenvalue weighted by Crippen LogP contribution is -2.66. The number of hydrogen-bond acceptors (Lipinski definition) is 6. The third-order valence-electron chi connectivity index (χ3n) is 8.68. The lowest BCUT2D eigenvalue weighted by Gasteiger charge is -2.58. The van der Waals surface area contributed by atoms with Crippen LogP contribution in [-0.4, -0.2) is 54.5 Å². The molecule has 0 aliphatic carbocycles. The van der Waals surface area contributed by atoms with Crippen molar-refractivity contribution < 1.29 is 23.8 Å². The second-order valence-corrected chi connectivity index (χ2v) is 14.0. The van der Waals surface area contributed by atoms with Crippen LogP contribution in [0, 0.1) is 0 Å². The number of piperidine rings is 1. The number of benzene rings is 1. The van der Waals surface area contributed by atoms with Crippen molar-refractivity contribution >= 4 is 0 Å². The Morgan fingerprint density at radius 2 is 1.24 bits per heavy atom. The minimum Gasteiger partial charge on any atom is -0.491 e. The Hall–Kier alpha value is -1.18. The van der Waals surface area contributed by atoms with Crippen LogP contribution in [-0.2, 0) is 19.0 Å². The van der Waals surface area contributed by atoms with Crippen LogP contribution in [0.1, 0.15) is 150 Å². The van der Waals surface area contributed by atoms with Crippen LogP contribution in [0.25, 0.3) is 0 Å². The normalized spacial score (nSPS) is 21.7.